The van der Waals surface area contributed by atoms with Crippen molar-refractivity contribution < 1.29 is 19.0 Å². The zero-order valence-corrected chi connectivity index (χ0v) is 20.8. The molecule has 0 saturated carbocycles. The lowest BCUT2D eigenvalue weighted by atomic mass is 10.0. The minimum Gasteiger partial charge on any atom is -0.494 e. The highest BCUT2D eigenvalue weighted by Gasteiger charge is 2.16. The summed E-state index contributed by atoms with van der Waals surface area (Å²) in [5.74, 6) is 1.09. The van der Waals surface area contributed by atoms with Crippen LogP contribution in [0.4, 0.5) is 5.69 Å². The number of methoxy groups -OCH3 is 1. The molecule has 3 aromatic carbocycles. The first-order valence-corrected chi connectivity index (χ1v) is 11.6. The molecule has 1 N–H and O–H groups in total. The van der Waals surface area contributed by atoms with E-state index in [9.17, 15) is 15.3 Å². The molecule has 0 aliphatic carbocycles. The molecule has 0 spiro atoms. The zero-order valence-electron chi connectivity index (χ0n) is 20.8. The highest BCUT2D eigenvalue weighted by molar-refractivity contribution is 6.09. The summed E-state index contributed by atoms with van der Waals surface area (Å²) in [5.41, 5.74) is 3.11. The van der Waals surface area contributed by atoms with Crippen LogP contribution in [0.25, 0.3) is 6.08 Å². The zero-order chi connectivity index (χ0) is 26.6. The maximum Gasteiger partial charge on any atom is 0.266 e. The van der Waals surface area contributed by atoms with E-state index in [1.165, 1.54) is 13.2 Å². The molecule has 0 aliphatic heterocycles. The molecule has 0 aliphatic rings. The largest absolute Gasteiger partial charge is 0.494 e. The van der Waals surface area contributed by atoms with Crippen LogP contribution in [-0.2, 0) is 17.8 Å². The van der Waals surface area contributed by atoms with E-state index < -0.39 is 5.91 Å². The van der Waals surface area contributed by atoms with Gasteiger partial charge in [0, 0.05) is 16.8 Å². The van der Waals surface area contributed by atoms with Crippen molar-refractivity contribution in [2.24, 2.45) is 0 Å². The fourth-order valence-electron chi connectivity index (χ4n) is 3.61. The molecule has 7 heteroatoms. The molecule has 0 radical (unpaired) electrons. The minimum atomic E-state index is -0.538. The summed E-state index contributed by atoms with van der Waals surface area (Å²) in [6.07, 6.45) is 3.68. The molecule has 1 amide bonds. The molecule has 0 heterocycles. The lowest BCUT2D eigenvalue weighted by Gasteiger charge is -2.16. The number of amides is 1. The predicted molar refractivity (Wildman–Crippen MR) is 142 cm³/mol. The van der Waals surface area contributed by atoms with Crippen LogP contribution in [0.1, 0.15) is 29.2 Å². The van der Waals surface area contributed by atoms with Crippen LogP contribution in [0, 0.1) is 22.7 Å². The second-order valence-corrected chi connectivity index (χ2v) is 7.84. The second-order valence-electron chi connectivity index (χ2n) is 7.84. The Morgan fingerprint density at radius 1 is 1.05 bits per heavy atom. The van der Waals surface area contributed by atoms with Crippen molar-refractivity contribution in [1.82, 2.24) is 0 Å². The molecule has 0 aromatic heterocycles. The van der Waals surface area contributed by atoms with Gasteiger partial charge in [-0.05, 0) is 67.4 Å². The highest BCUT2D eigenvalue weighted by atomic mass is 16.5. The van der Waals surface area contributed by atoms with Gasteiger partial charge in [-0.1, -0.05) is 24.3 Å². The topological polar surface area (TPSA) is 104 Å². The van der Waals surface area contributed by atoms with Crippen molar-refractivity contribution >= 4 is 17.7 Å². The van der Waals surface area contributed by atoms with Crippen molar-refractivity contribution in [1.29, 1.82) is 10.5 Å². The molecule has 186 valence electrons. The van der Waals surface area contributed by atoms with Crippen LogP contribution >= 0.6 is 0 Å². The van der Waals surface area contributed by atoms with Crippen molar-refractivity contribution in [2.45, 2.75) is 20.0 Å². The minimum absolute atomic E-state index is 0.0721. The van der Waals surface area contributed by atoms with Gasteiger partial charge >= 0.3 is 0 Å². The van der Waals surface area contributed by atoms with Gasteiger partial charge in [-0.15, -0.1) is 6.58 Å². The number of ether oxygens (including phenoxy) is 3. The summed E-state index contributed by atoms with van der Waals surface area (Å²) in [6.45, 7) is 6.43. The van der Waals surface area contributed by atoms with Crippen LogP contribution in [0.5, 0.6) is 17.2 Å². The Morgan fingerprint density at radius 2 is 1.81 bits per heavy atom. The van der Waals surface area contributed by atoms with Crippen molar-refractivity contribution in [2.75, 3.05) is 19.0 Å². The van der Waals surface area contributed by atoms with Crippen molar-refractivity contribution in [3.05, 3.63) is 101 Å². The normalized spacial score (nSPS) is 10.5. The maximum atomic E-state index is 12.8. The maximum absolute atomic E-state index is 12.8. The van der Waals surface area contributed by atoms with Crippen LogP contribution in [0.2, 0.25) is 0 Å². The monoisotopic (exact) mass is 493 g/mol. The number of benzene rings is 3. The summed E-state index contributed by atoms with van der Waals surface area (Å²) < 4.78 is 17.1. The van der Waals surface area contributed by atoms with E-state index in [4.69, 9.17) is 14.2 Å². The fraction of sp³-hybridized carbons (Fsp3) is 0.167. The van der Waals surface area contributed by atoms with Crippen molar-refractivity contribution in [3.63, 3.8) is 0 Å². The Kier molecular flexibility index (Phi) is 9.47. The van der Waals surface area contributed by atoms with Gasteiger partial charge in [0.2, 0.25) is 0 Å². The molecule has 0 bridgehead atoms. The summed E-state index contributed by atoms with van der Waals surface area (Å²) in [6, 6.07) is 21.8. The van der Waals surface area contributed by atoms with Crippen LogP contribution in [0.15, 0.2) is 78.9 Å². The van der Waals surface area contributed by atoms with E-state index in [1.54, 1.807) is 48.5 Å². The van der Waals surface area contributed by atoms with E-state index in [2.05, 4.69) is 18.0 Å². The number of anilines is 1. The van der Waals surface area contributed by atoms with E-state index in [1.807, 2.05) is 31.2 Å². The number of carbonyl (C=O) groups is 1. The number of rotatable bonds is 11. The number of nitrogens with one attached hydrogen (secondary N) is 1. The predicted octanol–water partition coefficient (Wildman–Crippen LogP) is 5.82. The molecule has 0 atom stereocenters. The quantitative estimate of drug-likeness (QED) is 0.205. The Bertz CT molecular complexity index is 1380. The first-order valence-electron chi connectivity index (χ1n) is 11.6. The van der Waals surface area contributed by atoms with Gasteiger partial charge < -0.3 is 19.5 Å². The molecule has 37 heavy (non-hydrogen) atoms. The molecule has 3 aromatic rings. The summed E-state index contributed by atoms with van der Waals surface area (Å²) in [4.78, 5) is 12.8. The third kappa shape index (κ3) is 7.00. The Labute approximate surface area is 216 Å². The van der Waals surface area contributed by atoms with Crippen LogP contribution < -0.4 is 19.5 Å². The lowest BCUT2D eigenvalue weighted by molar-refractivity contribution is -0.112. The summed E-state index contributed by atoms with van der Waals surface area (Å²) in [7, 11) is 1.51. The summed E-state index contributed by atoms with van der Waals surface area (Å²) >= 11 is 0. The molecule has 0 saturated heterocycles. The summed E-state index contributed by atoms with van der Waals surface area (Å²) in [5, 5.41) is 21.7. The Balaban J connectivity index is 1.87. The van der Waals surface area contributed by atoms with Gasteiger partial charge in [-0.3, -0.25) is 4.79 Å². The van der Waals surface area contributed by atoms with Gasteiger partial charge in [-0.2, -0.15) is 10.5 Å². The number of allylic oxidation sites excluding steroid dienone is 1. The van der Waals surface area contributed by atoms with Gasteiger partial charge in [0.15, 0.2) is 11.5 Å². The molecule has 0 unspecified atom stereocenters. The van der Waals surface area contributed by atoms with E-state index in [0.29, 0.717) is 47.1 Å². The lowest BCUT2D eigenvalue weighted by Crippen LogP contribution is -2.13. The number of nitriles is 2. The van der Waals surface area contributed by atoms with Gasteiger partial charge in [0.1, 0.15) is 24.0 Å². The molecule has 0 fully saturated rings. The third-order valence-electron chi connectivity index (χ3n) is 5.35. The Hall–Kier alpha value is -5.01. The third-order valence-corrected chi connectivity index (χ3v) is 5.35. The molecule has 7 nitrogen and oxygen atoms in total. The van der Waals surface area contributed by atoms with Gasteiger partial charge in [-0.25, -0.2) is 0 Å². The van der Waals surface area contributed by atoms with E-state index in [-0.39, 0.29) is 12.2 Å². The molecular weight excluding hydrogens is 466 g/mol. The van der Waals surface area contributed by atoms with Crippen LogP contribution in [-0.4, -0.2) is 19.6 Å². The molecule has 3 rings (SSSR count). The average Bonchev–Trinajstić information content (AvgIpc) is 2.92. The van der Waals surface area contributed by atoms with Crippen molar-refractivity contribution in [3.8, 4) is 29.4 Å². The first-order chi connectivity index (χ1) is 18.0. The standard InChI is InChI=1S/C30H27N3O4/c1-4-8-22-15-21(16-25(19-32)30(34)33-26-11-13-27(14-12-26)36-5-2)17-28(35-3)29(22)37-20-24-10-7-6-9-23(24)18-31/h4,6-7,9-17H,1,5,8,20H2,2-3H3,(H,33,34)/b25-16+. The van der Waals surface area contributed by atoms with E-state index in [0.717, 1.165) is 11.1 Å². The average molecular weight is 494 g/mol. The SMILES string of the molecule is C=CCc1cc(/C=C(\C#N)C(=O)Nc2ccc(OCC)cc2)cc(OC)c1OCc1ccccc1C#N. The first kappa shape index (κ1) is 26.6. The number of hydrogen-bond donors (Lipinski definition) is 1. The number of nitrogens with zero attached hydrogens (tertiary/aromatic N) is 2. The molecular formula is C30H27N3O4. The Morgan fingerprint density at radius 3 is 2.46 bits per heavy atom. The number of hydrogen-bond acceptors (Lipinski definition) is 6. The van der Waals surface area contributed by atoms with Gasteiger partial charge in [0.25, 0.3) is 5.91 Å². The second kappa shape index (κ2) is 13.2. The highest BCUT2D eigenvalue weighted by Crippen LogP contribution is 2.35. The van der Waals surface area contributed by atoms with E-state index >= 15 is 0 Å². The fourth-order valence-corrected chi connectivity index (χ4v) is 3.61. The van der Waals surface area contributed by atoms with Gasteiger partial charge in [0.05, 0.1) is 25.3 Å². The smallest absolute Gasteiger partial charge is 0.266 e. The van der Waals surface area contributed by atoms with Crippen LogP contribution in [0.3, 0.4) is 0 Å². The number of carbonyl (C=O) groups excluding carboxylic acids is 1.